The summed E-state index contributed by atoms with van der Waals surface area (Å²) in [7, 11) is 0. The average molecular weight is 252 g/mol. The Morgan fingerprint density at radius 2 is 2.12 bits per heavy atom. The van der Waals surface area contributed by atoms with Crippen LogP contribution in [0.5, 0.6) is 5.75 Å². The number of rotatable bonds is 6. The topological polar surface area (TPSA) is 38.3 Å². The van der Waals surface area contributed by atoms with Gasteiger partial charge in [-0.3, -0.25) is 4.79 Å². The molecule has 0 atom stereocenters. The second-order valence-electron chi connectivity index (χ2n) is 3.39. The molecule has 1 N–H and O–H groups in total. The number of terminal acetylenes is 1. The zero-order valence-electron chi connectivity index (χ0n) is 9.41. The van der Waals surface area contributed by atoms with Gasteiger partial charge in [-0.25, -0.2) is 0 Å². The summed E-state index contributed by atoms with van der Waals surface area (Å²) in [6.45, 7) is 0.766. The molecule has 1 aromatic rings. The van der Waals surface area contributed by atoms with Crippen molar-refractivity contribution in [2.75, 3.05) is 13.2 Å². The van der Waals surface area contributed by atoms with E-state index in [9.17, 15) is 4.79 Å². The van der Waals surface area contributed by atoms with Gasteiger partial charge in [-0.15, -0.1) is 6.42 Å². The van der Waals surface area contributed by atoms with Crippen LogP contribution >= 0.6 is 11.6 Å². The molecule has 0 aliphatic carbocycles. The lowest BCUT2D eigenvalue weighted by Crippen LogP contribution is -2.23. The van der Waals surface area contributed by atoms with Gasteiger partial charge in [-0.05, 0) is 30.7 Å². The van der Waals surface area contributed by atoms with Crippen LogP contribution in [0.4, 0.5) is 0 Å². The first-order valence-electron chi connectivity index (χ1n) is 5.31. The minimum absolute atomic E-state index is 0.0531. The van der Waals surface area contributed by atoms with Crippen LogP contribution in [-0.2, 0) is 4.79 Å². The zero-order valence-corrected chi connectivity index (χ0v) is 10.2. The molecule has 90 valence electrons. The fourth-order valence-electron chi connectivity index (χ4n) is 1.19. The molecule has 0 saturated carbocycles. The van der Waals surface area contributed by atoms with Crippen LogP contribution in [0.15, 0.2) is 24.3 Å². The zero-order chi connectivity index (χ0) is 12.5. The van der Waals surface area contributed by atoms with Crippen molar-refractivity contribution in [2.45, 2.75) is 12.8 Å². The smallest absolute Gasteiger partial charge is 0.220 e. The summed E-state index contributed by atoms with van der Waals surface area (Å²) in [6, 6.07) is 7.11. The standard InChI is InChI=1S/C13H14ClNO2/c1-2-9-15-13(16)4-3-10-17-12-7-5-11(14)6-8-12/h1,5-8H,3-4,9-10H2,(H,15,16). The van der Waals surface area contributed by atoms with E-state index in [4.69, 9.17) is 22.8 Å². The molecule has 0 unspecified atom stereocenters. The Kier molecular flexibility index (Phi) is 5.98. The van der Waals surface area contributed by atoms with E-state index in [2.05, 4.69) is 11.2 Å². The van der Waals surface area contributed by atoms with Gasteiger partial charge in [-0.1, -0.05) is 17.5 Å². The molecule has 0 radical (unpaired) electrons. The maximum Gasteiger partial charge on any atom is 0.220 e. The van der Waals surface area contributed by atoms with Crippen molar-refractivity contribution in [1.29, 1.82) is 0 Å². The fourth-order valence-corrected chi connectivity index (χ4v) is 1.32. The van der Waals surface area contributed by atoms with Crippen molar-refractivity contribution in [3.8, 4) is 18.1 Å². The molecule has 1 rings (SSSR count). The quantitative estimate of drug-likeness (QED) is 0.622. The number of amides is 1. The number of ether oxygens (including phenoxy) is 1. The number of carbonyl (C=O) groups is 1. The molecule has 4 heteroatoms. The monoisotopic (exact) mass is 251 g/mol. The third-order valence-corrected chi connectivity index (χ3v) is 2.27. The van der Waals surface area contributed by atoms with Crippen molar-refractivity contribution in [3.63, 3.8) is 0 Å². The lowest BCUT2D eigenvalue weighted by Gasteiger charge is -2.05. The largest absolute Gasteiger partial charge is 0.494 e. The highest BCUT2D eigenvalue weighted by atomic mass is 35.5. The van der Waals surface area contributed by atoms with Crippen LogP contribution in [-0.4, -0.2) is 19.1 Å². The lowest BCUT2D eigenvalue weighted by atomic mass is 10.3. The summed E-state index contributed by atoms with van der Waals surface area (Å²) in [5, 5.41) is 3.26. The molecule has 0 heterocycles. The van der Waals surface area contributed by atoms with Gasteiger partial charge in [0.05, 0.1) is 13.2 Å². The summed E-state index contributed by atoms with van der Waals surface area (Å²) >= 11 is 5.74. The van der Waals surface area contributed by atoms with E-state index in [0.717, 1.165) is 5.75 Å². The number of halogens is 1. The number of hydrogen-bond acceptors (Lipinski definition) is 2. The Labute approximate surface area is 106 Å². The van der Waals surface area contributed by atoms with Crippen LogP contribution in [0.2, 0.25) is 5.02 Å². The van der Waals surface area contributed by atoms with Crippen molar-refractivity contribution in [3.05, 3.63) is 29.3 Å². The number of nitrogens with one attached hydrogen (secondary N) is 1. The van der Waals surface area contributed by atoms with Crippen molar-refractivity contribution >= 4 is 17.5 Å². The molecular formula is C13H14ClNO2. The van der Waals surface area contributed by atoms with E-state index in [1.165, 1.54) is 0 Å². The van der Waals surface area contributed by atoms with Gasteiger partial charge in [0.2, 0.25) is 5.91 Å². The molecule has 0 saturated heterocycles. The average Bonchev–Trinajstić information content (AvgIpc) is 2.34. The summed E-state index contributed by atoms with van der Waals surface area (Å²) in [6.07, 6.45) is 6.08. The minimum Gasteiger partial charge on any atom is -0.494 e. The van der Waals surface area contributed by atoms with Gasteiger partial charge < -0.3 is 10.1 Å². The summed E-state index contributed by atoms with van der Waals surface area (Å²) < 4.78 is 5.44. The van der Waals surface area contributed by atoms with E-state index in [-0.39, 0.29) is 12.5 Å². The maximum atomic E-state index is 11.2. The van der Waals surface area contributed by atoms with E-state index in [0.29, 0.717) is 24.5 Å². The second-order valence-corrected chi connectivity index (χ2v) is 3.82. The Morgan fingerprint density at radius 3 is 2.76 bits per heavy atom. The molecule has 0 spiro atoms. The molecule has 3 nitrogen and oxygen atoms in total. The summed E-state index contributed by atoms with van der Waals surface area (Å²) in [4.78, 5) is 11.2. The molecule has 0 aromatic heterocycles. The van der Waals surface area contributed by atoms with E-state index in [1.807, 2.05) is 0 Å². The lowest BCUT2D eigenvalue weighted by molar-refractivity contribution is -0.121. The van der Waals surface area contributed by atoms with Crippen LogP contribution in [0, 0.1) is 12.3 Å². The Balaban J connectivity index is 2.14. The predicted molar refractivity (Wildman–Crippen MR) is 68.0 cm³/mol. The molecule has 0 fully saturated rings. The third-order valence-electron chi connectivity index (χ3n) is 2.02. The summed E-state index contributed by atoms with van der Waals surface area (Å²) in [5.74, 6) is 3.04. The normalized spacial score (nSPS) is 9.41. The molecule has 0 aliphatic heterocycles. The second kappa shape index (κ2) is 7.59. The molecule has 1 amide bonds. The third kappa shape index (κ3) is 5.84. The SMILES string of the molecule is C#CCNC(=O)CCCOc1ccc(Cl)cc1. The Hall–Kier alpha value is -1.66. The van der Waals surface area contributed by atoms with Crippen LogP contribution < -0.4 is 10.1 Å². The highest BCUT2D eigenvalue weighted by Crippen LogP contribution is 2.15. The van der Waals surface area contributed by atoms with Gasteiger partial charge in [0.1, 0.15) is 5.75 Å². The number of carbonyl (C=O) groups excluding carboxylic acids is 1. The van der Waals surface area contributed by atoms with Crippen LogP contribution in [0.25, 0.3) is 0 Å². The molecule has 1 aromatic carbocycles. The maximum absolute atomic E-state index is 11.2. The van der Waals surface area contributed by atoms with E-state index < -0.39 is 0 Å². The van der Waals surface area contributed by atoms with Gasteiger partial charge in [0.25, 0.3) is 0 Å². The van der Waals surface area contributed by atoms with Gasteiger partial charge >= 0.3 is 0 Å². The molecular weight excluding hydrogens is 238 g/mol. The number of hydrogen-bond donors (Lipinski definition) is 1. The highest BCUT2D eigenvalue weighted by molar-refractivity contribution is 6.30. The van der Waals surface area contributed by atoms with Crippen LogP contribution in [0.1, 0.15) is 12.8 Å². The van der Waals surface area contributed by atoms with Crippen molar-refractivity contribution in [2.24, 2.45) is 0 Å². The first-order valence-corrected chi connectivity index (χ1v) is 5.68. The Morgan fingerprint density at radius 1 is 1.41 bits per heavy atom. The van der Waals surface area contributed by atoms with Gasteiger partial charge in [0, 0.05) is 11.4 Å². The van der Waals surface area contributed by atoms with E-state index >= 15 is 0 Å². The van der Waals surface area contributed by atoms with Gasteiger partial charge in [0.15, 0.2) is 0 Å². The van der Waals surface area contributed by atoms with E-state index in [1.54, 1.807) is 24.3 Å². The fraction of sp³-hybridized carbons (Fsp3) is 0.308. The van der Waals surface area contributed by atoms with Crippen molar-refractivity contribution in [1.82, 2.24) is 5.32 Å². The first kappa shape index (κ1) is 13.4. The van der Waals surface area contributed by atoms with Gasteiger partial charge in [-0.2, -0.15) is 0 Å². The predicted octanol–water partition coefficient (Wildman–Crippen LogP) is 2.25. The summed E-state index contributed by atoms with van der Waals surface area (Å²) in [5.41, 5.74) is 0. The molecule has 0 aliphatic rings. The number of benzene rings is 1. The van der Waals surface area contributed by atoms with Crippen LogP contribution in [0.3, 0.4) is 0 Å². The highest BCUT2D eigenvalue weighted by Gasteiger charge is 2.00. The molecule has 17 heavy (non-hydrogen) atoms. The minimum atomic E-state index is -0.0531. The molecule has 0 bridgehead atoms. The first-order chi connectivity index (χ1) is 8.22. The Bertz CT molecular complexity index is 395. The van der Waals surface area contributed by atoms with Crippen molar-refractivity contribution < 1.29 is 9.53 Å².